The molecular weight excluding hydrogens is 224 g/mol. The first-order valence-electron chi connectivity index (χ1n) is 5.40. The van der Waals surface area contributed by atoms with Crippen LogP contribution in [0.25, 0.3) is 0 Å². The van der Waals surface area contributed by atoms with Crippen LogP contribution in [0.3, 0.4) is 0 Å². The predicted molar refractivity (Wildman–Crippen MR) is 67.1 cm³/mol. The summed E-state index contributed by atoms with van der Waals surface area (Å²) in [5, 5.41) is 11.4. The Bertz CT molecular complexity index is 326. The molecule has 0 bridgehead atoms. The molecule has 2 amide bonds. The number of anilines is 1. The lowest BCUT2D eigenvalue weighted by atomic mass is 10.3. The van der Waals surface area contributed by atoms with Crippen LogP contribution in [0.4, 0.5) is 9.93 Å². The van der Waals surface area contributed by atoms with Gasteiger partial charge in [-0.1, -0.05) is 6.92 Å². The number of carbonyl (C=O) groups excluding carboxylic acids is 1. The summed E-state index contributed by atoms with van der Waals surface area (Å²) in [4.78, 5) is 15.5. The van der Waals surface area contributed by atoms with E-state index in [1.165, 1.54) is 0 Å². The van der Waals surface area contributed by atoms with E-state index in [1.807, 2.05) is 19.4 Å². The predicted octanol–water partition coefficient (Wildman–Crippen LogP) is 1.44. The van der Waals surface area contributed by atoms with E-state index < -0.39 is 0 Å². The summed E-state index contributed by atoms with van der Waals surface area (Å²) in [7, 11) is 1.85. The number of thiazole rings is 1. The molecule has 0 radical (unpaired) electrons. The first kappa shape index (κ1) is 12.8. The minimum atomic E-state index is -0.106. The summed E-state index contributed by atoms with van der Waals surface area (Å²) < 4.78 is 0. The van der Waals surface area contributed by atoms with E-state index in [0.717, 1.165) is 23.7 Å². The molecule has 0 saturated carbocycles. The summed E-state index contributed by atoms with van der Waals surface area (Å²) in [5.74, 6) is 0. The van der Waals surface area contributed by atoms with Crippen molar-refractivity contribution in [3.05, 3.63) is 11.1 Å². The lowest BCUT2D eigenvalue weighted by Gasteiger charge is -2.04. The van der Waals surface area contributed by atoms with Gasteiger partial charge in [0.25, 0.3) is 0 Å². The van der Waals surface area contributed by atoms with Gasteiger partial charge in [0.05, 0.1) is 5.69 Å². The summed E-state index contributed by atoms with van der Waals surface area (Å²) in [5.41, 5.74) is 1.00. The van der Waals surface area contributed by atoms with Crippen molar-refractivity contribution < 1.29 is 4.79 Å². The Balaban J connectivity index is 2.17. The van der Waals surface area contributed by atoms with Crippen molar-refractivity contribution >= 4 is 22.5 Å². The van der Waals surface area contributed by atoms with Crippen molar-refractivity contribution in [1.82, 2.24) is 15.6 Å². The Morgan fingerprint density at radius 3 is 2.81 bits per heavy atom. The molecule has 1 aromatic rings. The first-order valence-corrected chi connectivity index (χ1v) is 6.28. The Labute approximate surface area is 99.7 Å². The number of hydrogen-bond donors (Lipinski definition) is 3. The monoisotopic (exact) mass is 242 g/mol. The van der Waals surface area contributed by atoms with Crippen LogP contribution in [0, 0.1) is 0 Å². The fourth-order valence-corrected chi connectivity index (χ4v) is 1.85. The van der Waals surface area contributed by atoms with Crippen molar-refractivity contribution in [3.63, 3.8) is 0 Å². The SMILES string of the molecule is CCCNC(=O)NCCc1csc(NC)n1. The number of amides is 2. The zero-order valence-corrected chi connectivity index (χ0v) is 10.5. The standard InChI is InChI=1S/C10H18N4OS/c1-3-5-12-9(15)13-6-4-8-7-16-10(11-2)14-8/h7H,3-6H2,1-2H3,(H,11,14)(H2,12,13,15). The second-order valence-corrected chi connectivity index (χ2v) is 4.18. The second-order valence-electron chi connectivity index (χ2n) is 3.33. The van der Waals surface area contributed by atoms with Gasteiger partial charge in [0, 0.05) is 31.9 Å². The molecule has 1 rings (SSSR count). The summed E-state index contributed by atoms with van der Waals surface area (Å²) in [6.45, 7) is 3.35. The fourth-order valence-electron chi connectivity index (χ4n) is 1.14. The summed E-state index contributed by atoms with van der Waals surface area (Å²) in [6.07, 6.45) is 1.71. The third kappa shape index (κ3) is 4.48. The highest BCUT2D eigenvalue weighted by atomic mass is 32.1. The van der Waals surface area contributed by atoms with Gasteiger partial charge in [0.15, 0.2) is 5.13 Å². The molecule has 1 aromatic heterocycles. The van der Waals surface area contributed by atoms with Gasteiger partial charge in [-0.05, 0) is 6.42 Å². The number of hydrogen-bond acceptors (Lipinski definition) is 4. The molecule has 0 aliphatic heterocycles. The number of nitrogens with one attached hydrogen (secondary N) is 3. The minimum absolute atomic E-state index is 0.106. The average Bonchev–Trinajstić information content (AvgIpc) is 2.74. The topological polar surface area (TPSA) is 66.1 Å². The van der Waals surface area contributed by atoms with Gasteiger partial charge in [-0.15, -0.1) is 11.3 Å². The Hall–Kier alpha value is -1.30. The lowest BCUT2D eigenvalue weighted by molar-refractivity contribution is 0.241. The van der Waals surface area contributed by atoms with E-state index in [9.17, 15) is 4.79 Å². The minimum Gasteiger partial charge on any atom is -0.365 e. The first-order chi connectivity index (χ1) is 7.76. The van der Waals surface area contributed by atoms with Crippen molar-refractivity contribution in [2.24, 2.45) is 0 Å². The van der Waals surface area contributed by atoms with Gasteiger partial charge in [-0.25, -0.2) is 9.78 Å². The number of urea groups is 1. The number of nitrogens with zero attached hydrogens (tertiary/aromatic N) is 1. The molecule has 16 heavy (non-hydrogen) atoms. The molecular formula is C10H18N4OS. The van der Waals surface area contributed by atoms with Crippen molar-refractivity contribution in [2.75, 3.05) is 25.5 Å². The smallest absolute Gasteiger partial charge is 0.314 e. The molecule has 0 atom stereocenters. The molecule has 5 nitrogen and oxygen atoms in total. The van der Waals surface area contributed by atoms with Gasteiger partial charge in [-0.2, -0.15) is 0 Å². The van der Waals surface area contributed by atoms with Crippen molar-refractivity contribution in [1.29, 1.82) is 0 Å². The molecule has 1 heterocycles. The van der Waals surface area contributed by atoms with Crippen LogP contribution in [0.2, 0.25) is 0 Å². The average molecular weight is 242 g/mol. The fraction of sp³-hybridized carbons (Fsp3) is 0.600. The molecule has 90 valence electrons. The maximum atomic E-state index is 11.2. The molecule has 0 saturated heterocycles. The third-order valence-corrected chi connectivity index (χ3v) is 2.88. The van der Waals surface area contributed by atoms with Crippen molar-refractivity contribution in [3.8, 4) is 0 Å². The van der Waals surface area contributed by atoms with Crippen LogP contribution in [0.5, 0.6) is 0 Å². The molecule has 3 N–H and O–H groups in total. The molecule has 0 aliphatic carbocycles. The highest BCUT2D eigenvalue weighted by Gasteiger charge is 2.01. The van der Waals surface area contributed by atoms with E-state index >= 15 is 0 Å². The van der Waals surface area contributed by atoms with Crippen LogP contribution < -0.4 is 16.0 Å². The van der Waals surface area contributed by atoms with Gasteiger partial charge in [0.2, 0.25) is 0 Å². The van der Waals surface area contributed by atoms with Crippen LogP contribution in [-0.4, -0.2) is 31.2 Å². The van der Waals surface area contributed by atoms with Crippen LogP contribution >= 0.6 is 11.3 Å². The normalized spacial score (nSPS) is 9.88. The highest BCUT2D eigenvalue weighted by Crippen LogP contribution is 2.14. The van der Waals surface area contributed by atoms with Crippen LogP contribution in [0.15, 0.2) is 5.38 Å². The molecule has 0 unspecified atom stereocenters. The molecule has 0 aliphatic rings. The van der Waals surface area contributed by atoms with E-state index in [0.29, 0.717) is 13.1 Å². The zero-order valence-electron chi connectivity index (χ0n) is 9.67. The number of carbonyl (C=O) groups is 1. The van der Waals surface area contributed by atoms with Gasteiger partial charge < -0.3 is 16.0 Å². The van der Waals surface area contributed by atoms with Gasteiger partial charge >= 0.3 is 6.03 Å². The quantitative estimate of drug-likeness (QED) is 0.707. The van der Waals surface area contributed by atoms with Crippen LogP contribution in [0.1, 0.15) is 19.0 Å². The zero-order chi connectivity index (χ0) is 11.8. The summed E-state index contributed by atoms with van der Waals surface area (Å²) in [6, 6.07) is -0.106. The Morgan fingerprint density at radius 2 is 2.19 bits per heavy atom. The molecule has 0 spiro atoms. The summed E-state index contributed by atoms with van der Waals surface area (Å²) >= 11 is 1.57. The number of aromatic nitrogens is 1. The Morgan fingerprint density at radius 1 is 1.44 bits per heavy atom. The van der Waals surface area contributed by atoms with Gasteiger partial charge in [-0.3, -0.25) is 0 Å². The highest BCUT2D eigenvalue weighted by molar-refractivity contribution is 7.13. The van der Waals surface area contributed by atoms with E-state index in [4.69, 9.17) is 0 Å². The maximum Gasteiger partial charge on any atom is 0.314 e. The Kier molecular flexibility index (Phi) is 5.63. The van der Waals surface area contributed by atoms with Crippen molar-refractivity contribution in [2.45, 2.75) is 19.8 Å². The third-order valence-electron chi connectivity index (χ3n) is 1.97. The number of rotatable bonds is 6. The molecule has 0 fully saturated rings. The van der Waals surface area contributed by atoms with E-state index in [1.54, 1.807) is 11.3 Å². The molecule has 0 aromatic carbocycles. The molecule has 6 heteroatoms. The van der Waals surface area contributed by atoms with E-state index in [2.05, 4.69) is 20.9 Å². The van der Waals surface area contributed by atoms with Gasteiger partial charge in [0.1, 0.15) is 0 Å². The lowest BCUT2D eigenvalue weighted by Crippen LogP contribution is -2.36. The second kappa shape index (κ2) is 7.05. The largest absolute Gasteiger partial charge is 0.365 e. The maximum absolute atomic E-state index is 11.2. The van der Waals surface area contributed by atoms with Crippen LogP contribution in [-0.2, 0) is 6.42 Å². The van der Waals surface area contributed by atoms with E-state index in [-0.39, 0.29) is 6.03 Å².